The number of hydrogen-bond acceptors (Lipinski definition) is 3. The molecule has 172 valence electrons. The molecule has 0 aliphatic heterocycles. The van der Waals surface area contributed by atoms with E-state index in [1.807, 2.05) is 39.8 Å². The summed E-state index contributed by atoms with van der Waals surface area (Å²) < 4.78 is 0. The highest BCUT2D eigenvalue weighted by Crippen LogP contribution is 2.31. The monoisotopic (exact) mass is 456 g/mol. The molecule has 3 aromatic rings. The molecule has 0 aliphatic rings. The maximum Gasteiger partial charge on any atom is 0.255 e. The summed E-state index contributed by atoms with van der Waals surface area (Å²) in [6.07, 6.45) is 2.41. The Morgan fingerprint density at radius 2 is 1.88 bits per heavy atom. The second kappa shape index (κ2) is 9.92. The number of amides is 1. The van der Waals surface area contributed by atoms with E-state index in [2.05, 4.69) is 16.9 Å². The molecule has 4 N–H and O–H groups in total. The summed E-state index contributed by atoms with van der Waals surface area (Å²) in [7, 11) is 0. The van der Waals surface area contributed by atoms with Gasteiger partial charge in [0.05, 0.1) is 12.1 Å². The number of fused-ring (bicyclic) bond motifs is 1. The van der Waals surface area contributed by atoms with Gasteiger partial charge in [0.1, 0.15) is 0 Å². The molecule has 0 aliphatic carbocycles. The molecule has 3 rings (SSSR count). The first kappa shape index (κ1) is 24.1. The van der Waals surface area contributed by atoms with Gasteiger partial charge in [-0.2, -0.15) is 0 Å². The van der Waals surface area contributed by atoms with E-state index in [4.69, 9.17) is 17.3 Å². The number of carbonyl (C=O) groups excluding carboxylic acids is 1. The molecule has 0 spiro atoms. The third kappa shape index (κ3) is 4.76. The van der Waals surface area contributed by atoms with Crippen molar-refractivity contribution in [3.05, 3.63) is 67.2 Å². The number of nitrogens with two attached hydrogens (primary N) is 1. The van der Waals surface area contributed by atoms with E-state index >= 15 is 0 Å². The number of aryl methyl sites for hydroxylation is 3. The topological polar surface area (TPSA) is 95.0 Å². The van der Waals surface area contributed by atoms with E-state index in [0.717, 1.165) is 46.3 Å². The summed E-state index contributed by atoms with van der Waals surface area (Å²) in [5, 5.41) is 1.35. The molecular formula is C25H33ClN4O2. The number of carbonyl (C=O) groups is 1. The van der Waals surface area contributed by atoms with E-state index in [1.54, 1.807) is 11.0 Å². The Hall–Kier alpha value is -2.57. The fourth-order valence-corrected chi connectivity index (χ4v) is 4.56. The Kier molecular flexibility index (Phi) is 7.47. The summed E-state index contributed by atoms with van der Waals surface area (Å²) in [6, 6.07) is 5.47. The van der Waals surface area contributed by atoms with Crippen molar-refractivity contribution in [1.29, 1.82) is 0 Å². The minimum Gasteiger partial charge on any atom is -0.358 e. The van der Waals surface area contributed by atoms with Crippen LogP contribution < -0.4 is 11.3 Å². The molecule has 0 bridgehead atoms. The zero-order valence-electron chi connectivity index (χ0n) is 19.6. The number of halogens is 1. The summed E-state index contributed by atoms with van der Waals surface area (Å²) in [5.41, 5.74) is 11.5. The number of hydrogen-bond donors (Lipinski definition) is 3. The summed E-state index contributed by atoms with van der Waals surface area (Å²) in [4.78, 5) is 34.7. The van der Waals surface area contributed by atoms with Crippen LogP contribution in [0.15, 0.2) is 23.0 Å². The predicted octanol–water partition coefficient (Wildman–Crippen LogP) is 4.63. The zero-order chi connectivity index (χ0) is 23.6. The van der Waals surface area contributed by atoms with Gasteiger partial charge in [0.15, 0.2) is 0 Å². The van der Waals surface area contributed by atoms with Crippen molar-refractivity contribution in [2.75, 3.05) is 6.54 Å². The number of pyridine rings is 1. The number of aromatic nitrogens is 2. The normalized spacial score (nSPS) is 11.5. The lowest BCUT2D eigenvalue weighted by Gasteiger charge is -2.28. The van der Waals surface area contributed by atoms with Crippen LogP contribution in [0.25, 0.3) is 10.9 Å². The van der Waals surface area contributed by atoms with E-state index < -0.39 is 0 Å². The molecule has 0 saturated heterocycles. The van der Waals surface area contributed by atoms with E-state index in [0.29, 0.717) is 29.1 Å². The Balaban J connectivity index is 2.11. The van der Waals surface area contributed by atoms with Crippen LogP contribution in [0.4, 0.5) is 0 Å². The number of aromatic amines is 2. The number of rotatable bonds is 8. The van der Waals surface area contributed by atoms with Crippen molar-refractivity contribution in [3.8, 4) is 0 Å². The van der Waals surface area contributed by atoms with Crippen LogP contribution in [0.3, 0.4) is 0 Å². The van der Waals surface area contributed by atoms with Crippen LogP contribution in [0.1, 0.15) is 65.6 Å². The molecule has 0 unspecified atom stereocenters. The van der Waals surface area contributed by atoms with Crippen molar-refractivity contribution in [1.82, 2.24) is 14.9 Å². The summed E-state index contributed by atoms with van der Waals surface area (Å²) >= 11 is 6.39. The van der Waals surface area contributed by atoms with Crippen molar-refractivity contribution < 1.29 is 4.79 Å². The first-order valence-corrected chi connectivity index (χ1v) is 11.6. The third-order valence-corrected chi connectivity index (χ3v) is 6.15. The number of benzene rings is 1. The minimum atomic E-state index is -0.142. The maximum absolute atomic E-state index is 13.8. The van der Waals surface area contributed by atoms with Crippen LogP contribution in [-0.2, 0) is 19.4 Å². The fraction of sp³-hybridized carbons (Fsp3) is 0.440. The molecule has 1 amide bonds. The quantitative estimate of drug-likeness (QED) is 0.461. The predicted molar refractivity (Wildman–Crippen MR) is 132 cm³/mol. The Bertz CT molecular complexity index is 1190. The van der Waals surface area contributed by atoms with Crippen LogP contribution in [0.2, 0.25) is 5.02 Å². The molecule has 1 aromatic carbocycles. The van der Waals surface area contributed by atoms with Crippen molar-refractivity contribution in [2.45, 2.75) is 66.5 Å². The molecule has 7 heteroatoms. The van der Waals surface area contributed by atoms with Gasteiger partial charge >= 0.3 is 0 Å². The van der Waals surface area contributed by atoms with Crippen molar-refractivity contribution in [2.24, 2.45) is 5.73 Å². The van der Waals surface area contributed by atoms with Gasteiger partial charge in [0.2, 0.25) is 0 Å². The lowest BCUT2D eigenvalue weighted by molar-refractivity contribution is 0.0691. The first-order valence-electron chi connectivity index (χ1n) is 11.2. The van der Waals surface area contributed by atoms with Crippen molar-refractivity contribution >= 4 is 28.4 Å². The largest absolute Gasteiger partial charge is 0.358 e. The van der Waals surface area contributed by atoms with Gasteiger partial charge in [0.25, 0.3) is 11.5 Å². The fourth-order valence-electron chi connectivity index (χ4n) is 4.34. The molecule has 2 heterocycles. The minimum absolute atomic E-state index is 0.102. The van der Waals surface area contributed by atoms with Gasteiger partial charge in [0, 0.05) is 45.3 Å². The van der Waals surface area contributed by atoms with Gasteiger partial charge in [-0.1, -0.05) is 24.9 Å². The molecule has 6 nitrogen and oxygen atoms in total. The number of H-pyrrole nitrogens is 2. The molecule has 0 saturated carbocycles. The highest BCUT2D eigenvalue weighted by Gasteiger charge is 2.25. The smallest absolute Gasteiger partial charge is 0.255 e. The second-order valence-electron chi connectivity index (χ2n) is 8.71. The first-order chi connectivity index (χ1) is 15.2. The standard InChI is InChI=1S/C25H33ClN4O2/c1-6-7-17-10-15(4)28-24(31)20(17)13-30(14(2)3)25(32)19-11-18(26)12-22-23(19)16(5)21(29-22)8-9-27/h10-12,14,29H,6-9,13,27H2,1-5H3,(H,28,31). The molecule has 0 atom stereocenters. The molecule has 0 fully saturated rings. The van der Waals surface area contributed by atoms with Crippen LogP contribution >= 0.6 is 11.6 Å². The lowest BCUT2D eigenvalue weighted by Crippen LogP contribution is -2.38. The van der Waals surface area contributed by atoms with E-state index in [9.17, 15) is 9.59 Å². The Morgan fingerprint density at radius 1 is 1.16 bits per heavy atom. The Morgan fingerprint density at radius 3 is 2.50 bits per heavy atom. The SMILES string of the molecule is CCCc1cc(C)[nH]c(=O)c1CN(C(=O)c1cc(Cl)cc2[nH]c(CCN)c(C)c12)C(C)C. The van der Waals surface area contributed by atoms with Gasteiger partial charge in [-0.3, -0.25) is 9.59 Å². The van der Waals surface area contributed by atoms with Gasteiger partial charge in [-0.25, -0.2) is 0 Å². The number of nitrogens with zero attached hydrogens (tertiary/aromatic N) is 1. The van der Waals surface area contributed by atoms with Crippen LogP contribution in [0.5, 0.6) is 0 Å². The van der Waals surface area contributed by atoms with Crippen LogP contribution in [0, 0.1) is 13.8 Å². The second-order valence-corrected chi connectivity index (χ2v) is 9.14. The average Bonchev–Trinajstić information content (AvgIpc) is 3.01. The maximum atomic E-state index is 13.8. The molecular weight excluding hydrogens is 424 g/mol. The molecule has 32 heavy (non-hydrogen) atoms. The lowest BCUT2D eigenvalue weighted by atomic mass is 10.0. The van der Waals surface area contributed by atoms with E-state index in [1.165, 1.54) is 0 Å². The average molecular weight is 457 g/mol. The highest BCUT2D eigenvalue weighted by molar-refractivity contribution is 6.32. The Labute approximate surface area is 194 Å². The number of nitrogens with one attached hydrogen (secondary N) is 2. The summed E-state index contributed by atoms with van der Waals surface area (Å²) in [5.74, 6) is -0.142. The highest BCUT2D eigenvalue weighted by atomic mass is 35.5. The van der Waals surface area contributed by atoms with Gasteiger partial charge in [-0.15, -0.1) is 0 Å². The van der Waals surface area contributed by atoms with Crippen molar-refractivity contribution in [3.63, 3.8) is 0 Å². The third-order valence-electron chi connectivity index (χ3n) is 5.94. The van der Waals surface area contributed by atoms with E-state index in [-0.39, 0.29) is 24.1 Å². The summed E-state index contributed by atoms with van der Waals surface area (Å²) in [6.45, 7) is 10.6. The zero-order valence-corrected chi connectivity index (χ0v) is 20.3. The molecule has 2 aromatic heterocycles. The van der Waals surface area contributed by atoms with Gasteiger partial charge < -0.3 is 20.6 Å². The van der Waals surface area contributed by atoms with Crippen LogP contribution in [-0.4, -0.2) is 33.4 Å². The molecule has 0 radical (unpaired) electrons. The van der Waals surface area contributed by atoms with Gasteiger partial charge in [-0.05, 0) is 70.0 Å².